The second kappa shape index (κ2) is 5.72. The molecule has 0 fully saturated rings. The molecule has 0 aliphatic heterocycles. The molecule has 1 unspecified atom stereocenters. The van der Waals surface area contributed by atoms with Crippen LogP contribution >= 0.6 is 0 Å². The van der Waals surface area contributed by atoms with Crippen molar-refractivity contribution >= 4 is 0 Å². The van der Waals surface area contributed by atoms with Crippen LogP contribution in [0.3, 0.4) is 0 Å². The third kappa shape index (κ3) is 4.05. The Balaban J connectivity index is 2.07. The highest BCUT2D eigenvalue weighted by atomic mass is 16.3. The number of aromatic amines is 1. The van der Waals surface area contributed by atoms with Gasteiger partial charge < -0.3 is 10.4 Å². The van der Waals surface area contributed by atoms with Crippen molar-refractivity contribution in [3.63, 3.8) is 0 Å². The molecule has 74 valence electrons. The van der Waals surface area contributed by atoms with Gasteiger partial charge in [0.1, 0.15) is 0 Å². The third-order valence-electron chi connectivity index (χ3n) is 1.99. The Labute approximate surface area is 78.4 Å². The second-order valence-electron chi connectivity index (χ2n) is 3.33. The van der Waals surface area contributed by atoms with Gasteiger partial charge in [-0.1, -0.05) is 6.92 Å². The van der Waals surface area contributed by atoms with E-state index in [1.807, 2.05) is 6.07 Å². The average molecular weight is 183 g/mol. The Hall–Kier alpha value is -0.870. The van der Waals surface area contributed by atoms with E-state index in [1.165, 1.54) is 0 Å². The monoisotopic (exact) mass is 183 g/mol. The lowest BCUT2D eigenvalue weighted by atomic mass is 10.1. The highest BCUT2D eigenvalue weighted by molar-refractivity contribution is 4.96. The molecule has 1 heterocycles. The average Bonchev–Trinajstić information content (AvgIpc) is 2.57. The van der Waals surface area contributed by atoms with Crippen LogP contribution in [0.4, 0.5) is 0 Å². The number of hydrogen-bond donors (Lipinski definition) is 3. The first-order chi connectivity index (χ1) is 6.33. The molecule has 13 heavy (non-hydrogen) atoms. The smallest absolute Gasteiger partial charge is 0.0490 e. The molecule has 0 radical (unpaired) electrons. The Morgan fingerprint density at radius 1 is 1.69 bits per heavy atom. The van der Waals surface area contributed by atoms with E-state index in [0.29, 0.717) is 5.92 Å². The van der Waals surface area contributed by atoms with Crippen LogP contribution in [0.1, 0.15) is 19.0 Å². The van der Waals surface area contributed by atoms with Crippen LogP contribution in [-0.4, -0.2) is 28.5 Å². The highest BCUT2D eigenvalue weighted by Gasteiger charge is 2.00. The largest absolute Gasteiger partial charge is 0.396 e. The number of rotatable bonds is 6. The maximum Gasteiger partial charge on any atom is 0.0490 e. The summed E-state index contributed by atoms with van der Waals surface area (Å²) in [6.07, 6.45) is 2.60. The van der Waals surface area contributed by atoms with Crippen LogP contribution in [0.15, 0.2) is 12.3 Å². The summed E-state index contributed by atoms with van der Waals surface area (Å²) in [5.74, 6) is 0.521. The molecule has 0 aromatic carbocycles. The Morgan fingerprint density at radius 3 is 3.15 bits per heavy atom. The summed E-state index contributed by atoms with van der Waals surface area (Å²) < 4.78 is 0. The van der Waals surface area contributed by atoms with Crippen molar-refractivity contribution in [3.8, 4) is 0 Å². The molecule has 1 aromatic rings. The fraction of sp³-hybridized carbons (Fsp3) is 0.667. The summed E-state index contributed by atoms with van der Waals surface area (Å²) in [6, 6.07) is 1.95. The standard InChI is InChI=1S/C9H17N3O/c1-8(3-5-13)6-10-7-9-2-4-11-12-9/h2,4,8,10,13H,3,5-7H2,1H3,(H,11,12). The normalized spacial score (nSPS) is 13.1. The molecule has 1 atom stereocenters. The minimum Gasteiger partial charge on any atom is -0.396 e. The molecule has 1 aromatic heterocycles. The van der Waals surface area contributed by atoms with E-state index in [-0.39, 0.29) is 6.61 Å². The summed E-state index contributed by atoms with van der Waals surface area (Å²) in [5, 5.41) is 18.7. The molecule has 4 heteroatoms. The van der Waals surface area contributed by atoms with Crippen LogP contribution in [0.25, 0.3) is 0 Å². The minimum absolute atomic E-state index is 0.271. The molecule has 4 nitrogen and oxygen atoms in total. The first kappa shape index (κ1) is 10.2. The van der Waals surface area contributed by atoms with Gasteiger partial charge >= 0.3 is 0 Å². The third-order valence-corrected chi connectivity index (χ3v) is 1.99. The lowest BCUT2D eigenvalue weighted by molar-refractivity contribution is 0.260. The van der Waals surface area contributed by atoms with Gasteiger partial charge in [-0.25, -0.2) is 0 Å². The van der Waals surface area contributed by atoms with E-state index >= 15 is 0 Å². The van der Waals surface area contributed by atoms with Crippen molar-refractivity contribution in [2.75, 3.05) is 13.2 Å². The molecule has 3 N–H and O–H groups in total. The van der Waals surface area contributed by atoms with Gasteiger partial charge in [-0.2, -0.15) is 5.10 Å². The summed E-state index contributed by atoms with van der Waals surface area (Å²) >= 11 is 0. The van der Waals surface area contributed by atoms with E-state index < -0.39 is 0 Å². The van der Waals surface area contributed by atoms with Crippen LogP contribution in [0.2, 0.25) is 0 Å². The van der Waals surface area contributed by atoms with E-state index in [9.17, 15) is 0 Å². The number of nitrogens with zero attached hydrogens (tertiary/aromatic N) is 1. The fourth-order valence-electron chi connectivity index (χ4n) is 1.16. The lowest BCUT2D eigenvalue weighted by Crippen LogP contribution is -2.21. The van der Waals surface area contributed by atoms with E-state index in [0.717, 1.165) is 25.2 Å². The first-order valence-electron chi connectivity index (χ1n) is 4.62. The van der Waals surface area contributed by atoms with Crippen LogP contribution in [0.5, 0.6) is 0 Å². The molecular weight excluding hydrogens is 166 g/mol. The van der Waals surface area contributed by atoms with Gasteiger partial charge in [0.05, 0.1) is 0 Å². The number of aromatic nitrogens is 2. The van der Waals surface area contributed by atoms with E-state index in [4.69, 9.17) is 5.11 Å². The predicted octanol–water partition coefficient (Wildman–Crippen LogP) is 0.518. The van der Waals surface area contributed by atoms with Crippen molar-refractivity contribution in [2.24, 2.45) is 5.92 Å². The van der Waals surface area contributed by atoms with Crippen molar-refractivity contribution in [3.05, 3.63) is 18.0 Å². The summed E-state index contributed by atoms with van der Waals surface area (Å²) in [7, 11) is 0. The molecule has 0 amide bonds. The number of nitrogens with one attached hydrogen (secondary N) is 2. The zero-order valence-corrected chi connectivity index (χ0v) is 7.95. The van der Waals surface area contributed by atoms with Gasteiger partial charge in [0, 0.05) is 25.0 Å². The van der Waals surface area contributed by atoms with Gasteiger partial charge in [0.25, 0.3) is 0 Å². The van der Waals surface area contributed by atoms with Crippen molar-refractivity contribution in [2.45, 2.75) is 19.9 Å². The Kier molecular flexibility index (Phi) is 4.49. The zero-order chi connectivity index (χ0) is 9.52. The molecule has 0 saturated carbocycles. The second-order valence-corrected chi connectivity index (χ2v) is 3.33. The predicted molar refractivity (Wildman–Crippen MR) is 51.2 cm³/mol. The molecule has 0 aliphatic carbocycles. The molecule has 0 saturated heterocycles. The number of hydrogen-bond acceptors (Lipinski definition) is 3. The summed E-state index contributed by atoms with van der Waals surface area (Å²) in [4.78, 5) is 0. The minimum atomic E-state index is 0.271. The summed E-state index contributed by atoms with van der Waals surface area (Å²) in [6.45, 7) is 4.14. The van der Waals surface area contributed by atoms with E-state index in [2.05, 4.69) is 22.4 Å². The maximum atomic E-state index is 8.68. The Morgan fingerprint density at radius 2 is 2.54 bits per heavy atom. The molecule has 0 aliphatic rings. The number of aliphatic hydroxyl groups excluding tert-OH is 1. The first-order valence-corrected chi connectivity index (χ1v) is 4.62. The zero-order valence-electron chi connectivity index (χ0n) is 7.95. The number of H-pyrrole nitrogens is 1. The molecule has 0 spiro atoms. The Bertz CT molecular complexity index is 211. The molecule has 0 bridgehead atoms. The lowest BCUT2D eigenvalue weighted by Gasteiger charge is -2.09. The molecular formula is C9H17N3O. The van der Waals surface area contributed by atoms with Gasteiger partial charge in [-0.3, -0.25) is 5.10 Å². The topological polar surface area (TPSA) is 60.9 Å². The highest BCUT2D eigenvalue weighted by Crippen LogP contribution is 1.98. The van der Waals surface area contributed by atoms with Gasteiger partial charge in [-0.05, 0) is 24.9 Å². The van der Waals surface area contributed by atoms with Gasteiger partial charge in [0.15, 0.2) is 0 Å². The van der Waals surface area contributed by atoms with E-state index in [1.54, 1.807) is 6.20 Å². The SMILES string of the molecule is CC(CCO)CNCc1ccn[nH]1. The van der Waals surface area contributed by atoms with Crippen molar-refractivity contribution in [1.29, 1.82) is 0 Å². The van der Waals surface area contributed by atoms with Gasteiger partial charge in [-0.15, -0.1) is 0 Å². The van der Waals surface area contributed by atoms with Crippen molar-refractivity contribution < 1.29 is 5.11 Å². The van der Waals surface area contributed by atoms with Gasteiger partial charge in [0.2, 0.25) is 0 Å². The fourth-order valence-corrected chi connectivity index (χ4v) is 1.16. The van der Waals surface area contributed by atoms with Crippen LogP contribution < -0.4 is 5.32 Å². The van der Waals surface area contributed by atoms with Crippen LogP contribution in [-0.2, 0) is 6.54 Å². The maximum absolute atomic E-state index is 8.68. The quantitative estimate of drug-likeness (QED) is 0.602. The molecule has 1 rings (SSSR count). The number of aliphatic hydroxyl groups is 1. The van der Waals surface area contributed by atoms with Crippen LogP contribution in [0, 0.1) is 5.92 Å². The van der Waals surface area contributed by atoms with Crippen molar-refractivity contribution in [1.82, 2.24) is 15.5 Å². The summed E-state index contributed by atoms with van der Waals surface area (Å²) in [5.41, 5.74) is 1.09.